The first-order chi connectivity index (χ1) is 8.63. The molecule has 5 heteroatoms. The van der Waals surface area contributed by atoms with Gasteiger partial charge in [0.05, 0.1) is 12.0 Å². The molecule has 5 nitrogen and oxygen atoms in total. The van der Waals surface area contributed by atoms with Crippen LogP contribution in [0, 0.1) is 17.2 Å². The number of hydrogen-bond donors (Lipinski definition) is 1. The highest BCUT2D eigenvalue weighted by molar-refractivity contribution is 5.73. The van der Waals surface area contributed by atoms with Crippen molar-refractivity contribution in [1.82, 2.24) is 15.1 Å². The van der Waals surface area contributed by atoms with E-state index in [0.29, 0.717) is 6.54 Å². The van der Waals surface area contributed by atoms with Gasteiger partial charge in [0.2, 0.25) is 0 Å². The molecule has 1 N–H and O–H groups in total. The summed E-state index contributed by atoms with van der Waals surface area (Å²) in [6, 6.07) is 2.01. The largest absolute Gasteiger partial charge is 0.337 e. The summed E-state index contributed by atoms with van der Waals surface area (Å²) in [5, 5.41) is 11.4. The Kier molecular flexibility index (Phi) is 6.51. The standard InChI is InChI=1S/C13H24N4O/c1-12(10-14)11-15-13(18)16(2)6-5-9-17-7-3-4-8-17/h12H,3-9,11H2,1-2H3,(H,15,18)/t12-/m0/s1. The van der Waals surface area contributed by atoms with Crippen molar-refractivity contribution in [3.8, 4) is 6.07 Å². The maximum Gasteiger partial charge on any atom is 0.317 e. The average molecular weight is 252 g/mol. The summed E-state index contributed by atoms with van der Waals surface area (Å²) in [4.78, 5) is 15.8. The molecule has 0 saturated carbocycles. The SMILES string of the molecule is C[C@@H](C#N)CNC(=O)N(C)CCCN1CCCC1. The predicted octanol–water partition coefficient (Wildman–Crippen LogP) is 1.27. The lowest BCUT2D eigenvalue weighted by atomic mass is 10.2. The molecule has 0 spiro atoms. The van der Waals surface area contributed by atoms with E-state index in [1.54, 1.807) is 18.9 Å². The second-order valence-corrected chi connectivity index (χ2v) is 5.04. The minimum atomic E-state index is -0.132. The van der Waals surface area contributed by atoms with Crippen molar-refractivity contribution in [3.05, 3.63) is 0 Å². The summed E-state index contributed by atoms with van der Waals surface area (Å²) in [6.07, 6.45) is 3.63. The Morgan fingerprint density at radius 1 is 1.50 bits per heavy atom. The van der Waals surface area contributed by atoms with Crippen molar-refractivity contribution >= 4 is 6.03 Å². The Morgan fingerprint density at radius 3 is 2.78 bits per heavy atom. The van der Waals surface area contributed by atoms with Gasteiger partial charge < -0.3 is 15.1 Å². The summed E-state index contributed by atoms with van der Waals surface area (Å²) >= 11 is 0. The Hall–Kier alpha value is -1.28. The van der Waals surface area contributed by atoms with Crippen LogP contribution in [-0.4, -0.2) is 55.6 Å². The molecule has 0 bridgehead atoms. The van der Waals surface area contributed by atoms with Gasteiger partial charge in [0.25, 0.3) is 0 Å². The Bertz CT molecular complexity index is 294. The van der Waals surface area contributed by atoms with E-state index in [0.717, 1.165) is 19.5 Å². The molecule has 1 saturated heterocycles. The molecular weight excluding hydrogens is 228 g/mol. The molecule has 1 rings (SSSR count). The van der Waals surface area contributed by atoms with Crippen LogP contribution in [0.2, 0.25) is 0 Å². The van der Waals surface area contributed by atoms with Gasteiger partial charge in [0.1, 0.15) is 0 Å². The minimum Gasteiger partial charge on any atom is -0.337 e. The van der Waals surface area contributed by atoms with Gasteiger partial charge >= 0.3 is 6.03 Å². The van der Waals surface area contributed by atoms with Gasteiger partial charge in [-0.25, -0.2) is 4.79 Å². The predicted molar refractivity (Wildman–Crippen MR) is 71.1 cm³/mol. The first-order valence-corrected chi connectivity index (χ1v) is 6.74. The number of carbonyl (C=O) groups excluding carboxylic acids is 1. The number of amides is 2. The lowest BCUT2D eigenvalue weighted by Crippen LogP contribution is -2.40. The summed E-state index contributed by atoms with van der Waals surface area (Å²) < 4.78 is 0. The van der Waals surface area contributed by atoms with Crippen LogP contribution in [-0.2, 0) is 0 Å². The highest BCUT2D eigenvalue weighted by atomic mass is 16.2. The van der Waals surface area contributed by atoms with Crippen molar-refractivity contribution in [2.45, 2.75) is 26.2 Å². The van der Waals surface area contributed by atoms with Crippen LogP contribution in [0.5, 0.6) is 0 Å². The van der Waals surface area contributed by atoms with Crippen LogP contribution < -0.4 is 5.32 Å². The molecule has 1 heterocycles. The lowest BCUT2D eigenvalue weighted by molar-refractivity contribution is 0.204. The third kappa shape index (κ3) is 5.37. The molecule has 0 aliphatic carbocycles. The third-order valence-electron chi connectivity index (χ3n) is 3.29. The quantitative estimate of drug-likeness (QED) is 0.774. The number of nitrogens with one attached hydrogen (secondary N) is 1. The number of likely N-dealkylation sites (tertiary alicyclic amines) is 1. The van der Waals surface area contributed by atoms with Gasteiger partial charge in [-0.15, -0.1) is 0 Å². The van der Waals surface area contributed by atoms with Crippen LogP contribution in [0.3, 0.4) is 0 Å². The fourth-order valence-electron chi connectivity index (χ4n) is 2.06. The van der Waals surface area contributed by atoms with E-state index in [4.69, 9.17) is 5.26 Å². The Labute approximate surface area is 110 Å². The molecule has 0 radical (unpaired) electrons. The van der Waals surface area contributed by atoms with Crippen LogP contribution in [0.15, 0.2) is 0 Å². The van der Waals surface area contributed by atoms with Crippen LogP contribution in [0.4, 0.5) is 4.79 Å². The van der Waals surface area contributed by atoms with Gasteiger partial charge in [-0.2, -0.15) is 5.26 Å². The smallest absolute Gasteiger partial charge is 0.317 e. The first-order valence-electron chi connectivity index (χ1n) is 6.74. The van der Waals surface area contributed by atoms with Crippen molar-refractivity contribution in [2.24, 2.45) is 5.92 Å². The number of nitriles is 1. The van der Waals surface area contributed by atoms with Crippen LogP contribution >= 0.6 is 0 Å². The monoisotopic (exact) mass is 252 g/mol. The molecule has 1 fully saturated rings. The number of hydrogen-bond acceptors (Lipinski definition) is 3. The van der Waals surface area contributed by atoms with E-state index in [-0.39, 0.29) is 11.9 Å². The van der Waals surface area contributed by atoms with E-state index in [9.17, 15) is 4.79 Å². The fraction of sp³-hybridized carbons (Fsp3) is 0.846. The molecule has 2 amide bonds. The average Bonchev–Trinajstić information content (AvgIpc) is 2.88. The number of urea groups is 1. The summed E-state index contributed by atoms with van der Waals surface area (Å²) in [5.41, 5.74) is 0. The molecule has 0 unspecified atom stereocenters. The maximum absolute atomic E-state index is 11.7. The second kappa shape index (κ2) is 7.93. The van der Waals surface area contributed by atoms with E-state index >= 15 is 0 Å². The van der Waals surface area contributed by atoms with E-state index in [1.165, 1.54) is 25.9 Å². The van der Waals surface area contributed by atoms with Gasteiger partial charge in [0.15, 0.2) is 0 Å². The topological polar surface area (TPSA) is 59.4 Å². The lowest BCUT2D eigenvalue weighted by Gasteiger charge is -2.20. The Balaban J connectivity index is 2.09. The zero-order valence-corrected chi connectivity index (χ0v) is 11.5. The van der Waals surface area contributed by atoms with Crippen molar-refractivity contribution in [2.75, 3.05) is 39.8 Å². The third-order valence-corrected chi connectivity index (χ3v) is 3.29. The molecule has 102 valence electrons. The molecule has 0 aromatic rings. The number of carbonyl (C=O) groups is 1. The molecule has 1 aliphatic rings. The van der Waals surface area contributed by atoms with E-state index in [2.05, 4.69) is 16.3 Å². The van der Waals surface area contributed by atoms with Crippen LogP contribution in [0.25, 0.3) is 0 Å². The van der Waals surface area contributed by atoms with Crippen molar-refractivity contribution in [1.29, 1.82) is 5.26 Å². The second-order valence-electron chi connectivity index (χ2n) is 5.04. The van der Waals surface area contributed by atoms with Gasteiger partial charge in [-0.05, 0) is 45.8 Å². The summed E-state index contributed by atoms with van der Waals surface area (Å²) in [7, 11) is 1.80. The molecule has 1 atom stereocenters. The van der Waals surface area contributed by atoms with Crippen molar-refractivity contribution in [3.63, 3.8) is 0 Å². The van der Waals surface area contributed by atoms with Gasteiger partial charge in [0, 0.05) is 20.1 Å². The van der Waals surface area contributed by atoms with Gasteiger partial charge in [-0.3, -0.25) is 0 Å². The molecule has 18 heavy (non-hydrogen) atoms. The number of nitrogens with zero attached hydrogens (tertiary/aromatic N) is 3. The van der Waals surface area contributed by atoms with Gasteiger partial charge in [-0.1, -0.05) is 0 Å². The van der Waals surface area contributed by atoms with Crippen molar-refractivity contribution < 1.29 is 4.79 Å². The van der Waals surface area contributed by atoms with E-state index < -0.39 is 0 Å². The fourth-order valence-corrected chi connectivity index (χ4v) is 2.06. The zero-order valence-electron chi connectivity index (χ0n) is 11.5. The summed E-state index contributed by atoms with van der Waals surface area (Å²) in [5.74, 6) is -0.132. The normalized spacial score (nSPS) is 17.2. The zero-order chi connectivity index (χ0) is 13.4. The molecule has 0 aromatic heterocycles. The highest BCUT2D eigenvalue weighted by Gasteiger charge is 2.13. The molecule has 1 aliphatic heterocycles. The molecule has 0 aromatic carbocycles. The molecular formula is C13H24N4O. The van der Waals surface area contributed by atoms with E-state index in [1.807, 2.05) is 0 Å². The maximum atomic E-state index is 11.7. The van der Waals surface area contributed by atoms with Crippen LogP contribution in [0.1, 0.15) is 26.2 Å². The minimum absolute atomic E-state index is 0.0847. The first kappa shape index (κ1) is 14.8. The highest BCUT2D eigenvalue weighted by Crippen LogP contribution is 2.07. The Morgan fingerprint density at radius 2 is 2.17 bits per heavy atom. The number of rotatable bonds is 6. The summed E-state index contributed by atoms with van der Waals surface area (Å²) in [6.45, 7) is 6.47.